The molecular formula is C12H14ClN3O. The second-order valence-electron chi connectivity index (χ2n) is 3.63. The molecule has 0 amide bonds. The van der Waals surface area contributed by atoms with Gasteiger partial charge in [-0.3, -0.25) is 4.68 Å². The fourth-order valence-electron chi connectivity index (χ4n) is 1.72. The fraction of sp³-hybridized carbons (Fsp3) is 0.250. The largest absolute Gasteiger partial charge is 0.496 e. The third-order valence-corrected chi connectivity index (χ3v) is 2.81. The maximum Gasteiger partial charge on any atom is 0.148 e. The van der Waals surface area contributed by atoms with Gasteiger partial charge in [-0.1, -0.05) is 11.6 Å². The van der Waals surface area contributed by atoms with E-state index in [0.717, 1.165) is 22.8 Å². The van der Waals surface area contributed by atoms with Gasteiger partial charge in [-0.25, -0.2) is 0 Å². The minimum absolute atomic E-state index is 0.674. The van der Waals surface area contributed by atoms with E-state index in [1.54, 1.807) is 17.9 Å². The van der Waals surface area contributed by atoms with Gasteiger partial charge in [0.1, 0.15) is 11.6 Å². The lowest BCUT2D eigenvalue weighted by atomic mass is 10.1. The maximum absolute atomic E-state index is 6.02. The molecule has 0 saturated carbocycles. The van der Waals surface area contributed by atoms with Crippen LogP contribution in [0.1, 0.15) is 0 Å². The van der Waals surface area contributed by atoms with Crippen molar-refractivity contribution in [2.45, 2.75) is 0 Å². The summed E-state index contributed by atoms with van der Waals surface area (Å²) in [5.74, 6) is 1.59. The van der Waals surface area contributed by atoms with Gasteiger partial charge in [0.05, 0.1) is 12.8 Å². The predicted octanol–water partition coefficient (Wildman–Crippen LogP) is 2.79. The van der Waals surface area contributed by atoms with Gasteiger partial charge in [0, 0.05) is 30.7 Å². The molecule has 0 aliphatic carbocycles. The minimum Gasteiger partial charge on any atom is -0.496 e. The lowest BCUT2D eigenvalue weighted by Crippen LogP contribution is -1.96. The second-order valence-corrected chi connectivity index (χ2v) is 4.07. The number of aryl methyl sites for hydroxylation is 1. The summed E-state index contributed by atoms with van der Waals surface area (Å²) < 4.78 is 7.12. The summed E-state index contributed by atoms with van der Waals surface area (Å²) in [4.78, 5) is 0. The van der Waals surface area contributed by atoms with Crippen LogP contribution in [0.3, 0.4) is 0 Å². The van der Waals surface area contributed by atoms with Gasteiger partial charge in [-0.05, 0) is 18.2 Å². The molecular weight excluding hydrogens is 238 g/mol. The molecule has 1 aromatic heterocycles. The van der Waals surface area contributed by atoms with Gasteiger partial charge in [-0.2, -0.15) is 5.10 Å². The predicted molar refractivity (Wildman–Crippen MR) is 69.8 cm³/mol. The highest BCUT2D eigenvalue weighted by atomic mass is 35.5. The highest BCUT2D eigenvalue weighted by molar-refractivity contribution is 6.30. The van der Waals surface area contributed by atoms with Gasteiger partial charge in [0.25, 0.3) is 0 Å². The molecule has 1 aromatic carbocycles. The average molecular weight is 252 g/mol. The van der Waals surface area contributed by atoms with Crippen molar-refractivity contribution in [2.24, 2.45) is 7.05 Å². The molecule has 0 fully saturated rings. The summed E-state index contributed by atoms with van der Waals surface area (Å²) in [6.45, 7) is 0. The standard InChI is InChI=1S/C12H14ClN3O/c1-14-12-7-10(16(2)15-12)9-6-8(13)4-5-11(9)17-3/h4-7H,1-3H3,(H,14,15). The normalized spacial score (nSPS) is 10.4. The third kappa shape index (κ3) is 2.22. The van der Waals surface area contributed by atoms with E-state index in [1.807, 2.05) is 32.3 Å². The first-order valence-electron chi connectivity index (χ1n) is 5.21. The number of nitrogens with zero attached hydrogens (tertiary/aromatic N) is 2. The van der Waals surface area contributed by atoms with Crippen molar-refractivity contribution in [3.63, 3.8) is 0 Å². The van der Waals surface area contributed by atoms with Crippen molar-refractivity contribution in [3.05, 3.63) is 29.3 Å². The molecule has 0 bridgehead atoms. The molecule has 0 spiro atoms. The summed E-state index contributed by atoms with van der Waals surface area (Å²) in [5.41, 5.74) is 1.88. The number of halogens is 1. The van der Waals surface area contributed by atoms with E-state index in [2.05, 4.69) is 10.4 Å². The van der Waals surface area contributed by atoms with E-state index in [0.29, 0.717) is 5.02 Å². The Bertz CT molecular complexity index is 537. The van der Waals surface area contributed by atoms with E-state index < -0.39 is 0 Å². The highest BCUT2D eigenvalue weighted by Gasteiger charge is 2.12. The Balaban J connectivity index is 2.58. The van der Waals surface area contributed by atoms with Crippen LogP contribution in [-0.2, 0) is 7.05 Å². The molecule has 0 radical (unpaired) electrons. The van der Waals surface area contributed by atoms with E-state index in [1.165, 1.54) is 0 Å². The summed E-state index contributed by atoms with van der Waals surface area (Å²) in [6.07, 6.45) is 0. The first kappa shape index (κ1) is 11.8. The summed E-state index contributed by atoms with van der Waals surface area (Å²) in [6, 6.07) is 7.48. The quantitative estimate of drug-likeness (QED) is 0.912. The molecule has 4 nitrogen and oxygen atoms in total. The van der Waals surface area contributed by atoms with Crippen molar-refractivity contribution in [3.8, 4) is 17.0 Å². The van der Waals surface area contributed by atoms with Crippen LogP contribution in [0.15, 0.2) is 24.3 Å². The van der Waals surface area contributed by atoms with Crippen LogP contribution >= 0.6 is 11.6 Å². The summed E-state index contributed by atoms with van der Waals surface area (Å²) in [7, 11) is 5.36. The number of hydrogen-bond donors (Lipinski definition) is 1. The van der Waals surface area contributed by atoms with Crippen LogP contribution in [0, 0.1) is 0 Å². The Labute approximate surface area is 105 Å². The minimum atomic E-state index is 0.674. The lowest BCUT2D eigenvalue weighted by molar-refractivity contribution is 0.416. The molecule has 0 saturated heterocycles. The second kappa shape index (κ2) is 4.67. The van der Waals surface area contributed by atoms with E-state index >= 15 is 0 Å². The van der Waals surface area contributed by atoms with Crippen molar-refractivity contribution in [1.82, 2.24) is 9.78 Å². The van der Waals surface area contributed by atoms with Crippen LogP contribution in [-0.4, -0.2) is 23.9 Å². The molecule has 90 valence electrons. The number of nitrogens with one attached hydrogen (secondary N) is 1. The zero-order valence-electron chi connectivity index (χ0n) is 9.99. The fourth-order valence-corrected chi connectivity index (χ4v) is 1.89. The van der Waals surface area contributed by atoms with Crippen molar-refractivity contribution < 1.29 is 4.74 Å². The van der Waals surface area contributed by atoms with Crippen LogP contribution in [0.5, 0.6) is 5.75 Å². The van der Waals surface area contributed by atoms with Crippen molar-refractivity contribution >= 4 is 17.4 Å². The molecule has 0 aliphatic heterocycles. The monoisotopic (exact) mass is 251 g/mol. The molecule has 1 N–H and O–H groups in total. The zero-order valence-corrected chi connectivity index (χ0v) is 10.7. The molecule has 2 aromatic rings. The number of aromatic nitrogens is 2. The van der Waals surface area contributed by atoms with Crippen LogP contribution in [0.2, 0.25) is 5.02 Å². The number of hydrogen-bond acceptors (Lipinski definition) is 3. The van der Waals surface area contributed by atoms with E-state index in [-0.39, 0.29) is 0 Å². The Kier molecular flexibility index (Phi) is 3.24. The lowest BCUT2D eigenvalue weighted by Gasteiger charge is -2.08. The maximum atomic E-state index is 6.02. The van der Waals surface area contributed by atoms with E-state index in [9.17, 15) is 0 Å². The highest BCUT2D eigenvalue weighted by Crippen LogP contribution is 2.33. The molecule has 0 aliphatic rings. The number of methoxy groups -OCH3 is 1. The Hall–Kier alpha value is -1.68. The third-order valence-electron chi connectivity index (χ3n) is 2.57. The van der Waals surface area contributed by atoms with Crippen LogP contribution in [0.4, 0.5) is 5.82 Å². The summed E-state index contributed by atoms with van der Waals surface area (Å²) >= 11 is 6.02. The molecule has 17 heavy (non-hydrogen) atoms. The van der Waals surface area contributed by atoms with Crippen LogP contribution in [0.25, 0.3) is 11.3 Å². The van der Waals surface area contributed by atoms with Crippen molar-refractivity contribution in [1.29, 1.82) is 0 Å². The first-order chi connectivity index (χ1) is 8.15. The number of ether oxygens (including phenoxy) is 1. The van der Waals surface area contributed by atoms with Crippen molar-refractivity contribution in [2.75, 3.05) is 19.5 Å². The summed E-state index contributed by atoms with van der Waals surface area (Å²) in [5, 5.41) is 8.00. The SMILES string of the molecule is CNc1cc(-c2cc(Cl)ccc2OC)n(C)n1. The first-order valence-corrected chi connectivity index (χ1v) is 5.59. The van der Waals surface area contributed by atoms with Gasteiger partial charge in [0.15, 0.2) is 0 Å². The molecule has 5 heteroatoms. The van der Waals surface area contributed by atoms with Gasteiger partial charge in [-0.15, -0.1) is 0 Å². The van der Waals surface area contributed by atoms with Gasteiger partial charge in [0.2, 0.25) is 0 Å². The molecule has 0 atom stereocenters. The van der Waals surface area contributed by atoms with Gasteiger partial charge >= 0.3 is 0 Å². The van der Waals surface area contributed by atoms with Crippen LogP contribution < -0.4 is 10.1 Å². The van der Waals surface area contributed by atoms with E-state index in [4.69, 9.17) is 16.3 Å². The molecule has 2 rings (SSSR count). The Morgan fingerprint density at radius 1 is 1.35 bits per heavy atom. The molecule has 1 heterocycles. The Morgan fingerprint density at radius 3 is 2.71 bits per heavy atom. The number of rotatable bonds is 3. The average Bonchev–Trinajstić information content (AvgIpc) is 2.70. The zero-order chi connectivity index (χ0) is 12.4. The number of anilines is 1. The Morgan fingerprint density at radius 2 is 2.12 bits per heavy atom. The smallest absolute Gasteiger partial charge is 0.148 e. The van der Waals surface area contributed by atoms with Gasteiger partial charge < -0.3 is 10.1 Å². The number of benzene rings is 1. The molecule has 0 unspecified atom stereocenters. The topological polar surface area (TPSA) is 39.1 Å².